The standard InChI is InChI=1S/C16H15NO3S/c1-11-7-8-12(2)13(9-11)10-17-16(18)14-5-3-4-6-15(14)21(17,19)20/h3-9H,10H2,1-2H3. The summed E-state index contributed by atoms with van der Waals surface area (Å²) in [5.74, 6) is -0.452. The van der Waals surface area contributed by atoms with Crippen molar-refractivity contribution in [1.29, 1.82) is 0 Å². The molecule has 0 unspecified atom stereocenters. The van der Waals surface area contributed by atoms with Crippen molar-refractivity contribution in [2.24, 2.45) is 0 Å². The minimum Gasteiger partial charge on any atom is -0.268 e. The molecule has 0 aliphatic carbocycles. The monoisotopic (exact) mass is 301 g/mol. The molecule has 1 amide bonds. The van der Waals surface area contributed by atoms with Crippen molar-refractivity contribution in [2.45, 2.75) is 25.3 Å². The van der Waals surface area contributed by atoms with Gasteiger partial charge in [0.1, 0.15) is 4.90 Å². The van der Waals surface area contributed by atoms with E-state index in [0.29, 0.717) is 0 Å². The Kier molecular flexibility index (Phi) is 3.10. The van der Waals surface area contributed by atoms with Crippen molar-refractivity contribution in [1.82, 2.24) is 4.31 Å². The van der Waals surface area contributed by atoms with Crippen LogP contribution >= 0.6 is 0 Å². The number of hydrogen-bond donors (Lipinski definition) is 0. The molecule has 108 valence electrons. The Hall–Kier alpha value is -2.14. The fourth-order valence-corrected chi connectivity index (χ4v) is 4.06. The van der Waals surface area contributed by atoms with Crippen molar-refractivity contribution in [3.63, 3.8) is 0 Å². The lowest BCUT2D eigenvalue weighted by Crippen LogP contribution is -2.29. The lowest BCUT2D eigenvalue weighted by atomic mass is 10.1. The number of carbonyl (C=O) groups excluding carboxylic acids is 1. The normalized spacial score (nSPS) is 16.1. The second-order valence-electron chi connectivity index (χ2n) is 5.24. The summed E-state index contributed by atoms with van der Waals surface area (Å²) in [6, 6.07) is 12.2. The summed E-state index contributed by atoms with van der Waals surface area (Å²) in [5, 5.41) is 0. The molecule has 1 aliphatic heterocycles. The first-order chi connectivity index (χ1) is 9.91. The summed E-state index contributed by atoms with van der Waals surface area (Å²) in [6.45, 7) is 3.93. The Bertz CT molecular complexity index is 840. The van der Waals surface area contributed by atoms with Gasteiger partial charge in [-0.15, -0.1) is 0 Å². The zero-order valence-electron chi connectivity index (χ0n) is 11.8. The van der Waals surface area contributed by atoms with E-state index in [4.69, 9.17) is 0 Å². The van der Waals surface area contributed by atoms with Crippen LogP contribution in [0, 0.1) is 13.8 Å². The fraction of sp³-hybridized carbons (Fsp3) is 0.188. The Morgan fingerprint density at radius 2 is 1.76 bits per heavy atom. The molecule has 0 saturated heterocycles. The molecule has 0 saturated carbocycles. The van der Waals surface area contributed by atoms with E-state index in [1.165, 1.54) is 6.07 Å². The molecule has 21 heavy (non-hydrogen) atoms. The number of amides is 1. The third-order valence-electron chi connectivity index (χ3n) is 3.73. The quantitative estimate of drug-likeness (QED) is 0.857. The van der Waals surface area contributed by atoms with E-state index in [9.17, 15) is 13.2 Å². The van der Waals surface area contributed by atoms with Crippen LogP contribution in [-0.4, -0.2) is 18.6 Å². The van der Waals surface area contributed by atoms with Gasteiger partial charge < -0.3 is 0 Å². The molecule has 1 aliphatic rings. The van der Waals surface area contributed by atoms with E-state index in [0.717, 1.165) is 21.0 Å². The molecule has 0 radical (unpaired) electrons. The SMILES string of the molecule is Cc1ccc(C)c(CN2C(=O)c3ccccc3S2(=O)=O)c1. The predicted molar refractivity (Wildman–Crippen MR) is 79.4 cm³/mol. The van der Waals surface area contributed by atoms with Crippen LogP contribution < -0.4 is 0 Å². The number of carbonyl (C=O) groups is 1. The summed E-state index contributed by atoms with van der Waals surface area (Å²) >= 11 is 0. The lowest BCUT2D eigenvalue weighted by molar-refractivity contribution is 0.0865. The van der Waals surface area contributed by atoms with E-state index in [1.54, 1.807) is 18.2 Å². The smallest absolute Gasteiger partial charge is 0.268 e. The van der Waals surface area contributed by atoms with Crippen LogP contribution in [0.5, 0.6) is 0 Å². The average molecular weight is 301 g/mol. The van der Waals surface area contributed by atoms with Crippen molar-refractivity contribution in [2.75, 3.05) is 0 Å². The maximum Gasteiger partial charge on any atom is 0.269 e. The van der Waals surface area contributed by atoms with Crippen LogP contribution in [0.25, 0.3) is 0 Å². The Morgan fingerprint density at radius 1 is 1.05 bits per heavy atom. The van der Waals surface area contributed by atoms with Crippen LogP contribution in [-0.2, 0) is 16.6 Å². The molecule has 4 nitrogen and oxygen atoms in total. The zero-order valence-corrected chi connectivity index (χ0v) is 12.6. The molecule has 0 fully saturated rings. The van der Waals surface area contributed by atoms with Crippen LogP contribution in [0.1, 0.15) is 27.0 Å². The van der Waals surface area contributed by atoms with Crippen molar-refractivity contribution in [3.05, 3.63) is 64.7 Å². The largest absolute Gasteiger partial charge is 0.269 e. The summed E-state index contributed by atoms with van der Waals surface area (Å²) in [4.78, 5) is 12.5. The van der Waals surface area contributed by atoms with E-state index < -0.39 is 15.9 Å². The van der Waals surface area contributed by atoms with Gasteiger partial charge in [-0.05, 0) is 37.1 Å². The molecule has 2 aromatic carbocycles. The molecular weight excluding hydrogens is 286 g/mol. The summed E-state index contributed by atoms with van der Waals surface area (Å²) in [6.07, 6.45) is 0. The Morgan fingerprint density at radius 3 is 2.48 bits per heavy atom. The van der Waals surface area contributed by atoms with Gasteiger partial charge >= 0.3 is 0 Å². The third kappa shape index (κ3) is 2.14. The molecule has 1 heterocycles. The van der Waals surface area contributed by atoms with Gasteiger partial charge in [0, 0.05) is 0 Å². The third-order valence-corrected chi connectivity index (χ3v) is 5.52. The summed E-state index contributed by atoms with van der Waals surface area (Å²) in [5.41, 5.74) is 3.11. The van der Waals surface area contributed by atoms with Gasteiger partial charge in [0.2, 0.25) is 0 Å². The van der Waals surface area contributed by atoms with Gasteiger partial charge in [0.05, 0.1) is 12.1 Å². The van der Waals surface area contributed by atoms with Gasteiger partial charge in [0.25, 0.3) is 15.9 Å². The first kappa shape index (κ1) is 13.8. The van der Waals surface area contributed by atoms with Crippen molar-refractivity contribution in [3.8, 4) is 0 Å². The lowest BCUT2D eigenvalue weighted by Gasteiger charge is -2.17. The van der Waals surface area contributed by atoms with E-state index in [2.05, 4.69) is 0 Å². The maximum absolute atomic E-state index is 12.5. The molecule has 0 spiro atoms. The van der Waals surface area contributed by atoms with Crippen molar-refractivity contribution < 1.29 is 13.2 Å². The molecule has 2 aromatic rings. The minimum atomic E-state index is -3.74. The fourth-order valence-electron chi connectivity index (χ4n) is 2.51. The van der Waals surface area contributed by atoms with Crippen LogP contribution in [0.2, 0.25) is 0 Å². The van der Waals surface area contributed by atoms with E-state index in [-0.39, 0.29) is 17.0 Å². The molecule has 0 N–H and O–H groups in total. The first-order valence-corrected chi connectivity index (χ1v) is 8.07. The highest BCUT2D eigenvalue weighted by atomic mass is 32.2. The molecule has 0 aromatic heterocycles. The highest BCUT2D eigenvalue weighted by molar-refractivity contribution is 7.90. The molecule has 0 atom stereocenters. The van der Waals surface area contributed by atoms with Gasteiger partial charge in [0.15, 0.2) is 0 Å². The predicted octanol–water partition coefficient (Wildman–Crippen LogP) is 2.65. The Balaban J connectivity index is 2.05. The number of aryl methyl sites for hydroxylation is 2. The van der Waals surface area contributed by atoms with Gasteiger partial charge in [-0.3, -0.25) is 4.79 Å². The first-order valence-electron chi connectivity index (χ1n) is 6.63. The average Bonchev–Trinajstić information content (AvgIpc) is 2.64. The number of fused-ring (bicyclic) bond motifs is 1. The summed E-state index contributed by atoms with van der Waals surface area (Å²) < 4.78 is 26.0. The topological polar surface area (TPSA) is 54.5 Å². The number of sulfonamides is 1. The minimum absolute atomic E-state index is 0.0728. The number of rotatable bonds is 2. The van der Waals surface area contributed by atoms with Crippen molar-refractivity contribution >= 4 is 15.9 Å². The zero-order chi connectivity index (χ0) is 15.2. The molecule has 0 bridgehead atoms. The molecule has 5 heteroatoms. The van der Waals surface area contributed by atoms with Crippen LogP contribution in [0.15, 0.2) is 47.4 Å². The number of nitrogens with zero attached hydrogens (tertiary/aromatic N) is 1. The second kappa shape index (κ2) is 4.70. The number of hydrogen-bond acceptors (Lipinski definition) is 3. The highest BCUT2D eigenvalue weighted by Gasteiger charge is 2.40. The Labute approximate surface area is 124 Å². The second-order valence-corrected chi connectivity index (χ2v) is 7.07. The highest BCUT2D eigenvalue weighted by Crippen LogP contribution is 2.31. The van der Waals surface area contributed by atoms with E-state index >= 15 is 0 Å². The van der Waals surface area contributed by atoms with Gasteiger partial charge in [-0.2, -0.15) is 0 Å². The van der Waals surface area contributed by atoms with Crippen LogP contribution in [0.3, 0.4) is 0 Å². The maximum atomic E-state index is 12.5. The van der Waals surface area contributed by atoms with Crippen LogP contribution in [0.4, 0.5) is 0 Å². The van der Waals surface area contributed by atoms with E-state index in [1.807, 2.05) is 32.0 Å². The molecular formula is C16H15NO3S. The summed E-state index contributed by atoms with van der Waals surface area (Å²) in [7, 11) is -3.74. The van der Waals surface area contributed by atoms with Gasteiger partial charge in [-0.1, -0.05) is 35.9 Å². The number of benzene rings is 2. The molecule has 3 rings (SSSR count). The van der Waals surface area contributed by atoms with Gasteiger partial charge in [-0.25, -0.2) is 12.7 Å².